The molecule has 0 unspecified atom stereocenters. The van der Waals surface area contributed by atoms with Gasteiger partial charge in [0, 0.05) is 48.7 Å². The largest absolute Gasteiger partial charge is 0.487 e. The fourth-order valence-corrected chi connectivity index (χ4v) is 4.94. The van der Waals surface area contributed by atoms with Crippen molar-refractivity contribution in [3.05, 3.63) is 64.3 Å². The van der Waals surface area contributed by atoms with Crippen LogP contribution in [0.15, 0.2) is 56.9 Å². The number of halogens is 3. The Labute approximate surface area is 205 Å². The summed E-state index contributed by atoms with van der Waals surface area (Å²) in [6.07, 6.45) is 1.16. The molecule has 1 aliphatic rings. The van der Waals surface area contributed by atoms with Gasteiger partial charge in [0.2, 0.25) is 11.2 Å². The number of piperazine rings is 1. The Morgan fingerprint density at radius 2 is 1.94 bits per heavy atom. The number of hydrogen-bond acceptors (Lipinski definition) is 7. The van der Waals surface area contributed by atoms with E-state index in [4.69, 9.17) is 9.15 Å². The van der Waals surface area contributed by atoms with Gasteiger partial charge in [0.25, 0.3) is 0 Å². The van der Waals surface area contributed by atoms with Crippen LogP contribution in [-0.2, 0) is 12.7 Å². The highest BCUT2D eigenvalue weighted by Gasteiger charge is 2.30. The number of thioether (sulfide) groups is 1. The molecular formula is C25H28F3N3O3S. The maximum atomic E-state index is 12.9. The summed E-state index contributed by atoms with van der Waals surface area (Å²) in [6.45, 7) is 4.76. The second kappa shape index (κ2) is 11.9. The Morgan fingerprint density at radius 1 is 1.11 bits per heavy atom. The van der Waals surface area contributed by atoms with Crippen LogP contribution in [0.5, 0.6) is 5.75 Å². The quantitative estimate of drug-likeness (QED) is 0.308. The molecule has 3 heterocycles. The number of nitrogens with zero attached hydrogens (tertiary/aromatic N) is 2. The van der Waals surface area contributed by atoms with E-state index in [1.807, 2.05) is 6.07 Å². The summed E-state index contributed by atoms with van der Waals surface area (Å²) in [7, 11) is 0. The van der Waals surface area contributed by atoms with E-state index < -0.39 is 11.7 Å². The molecule has 0 aliphatic carbocycles. The van der Waals surface area contributed by atoms with Gasteiger partial charge in [-0.25, -0.2) is 0 Å². The summed E-state index contributed by atoms with van der Waals surface area (Å²) < 4.78 is 50.0. The molecule has 0 amide bonds. The molecule has 1 aromatic carbocycles. The van der Waals surface area contributed by atoms with E-state index in [1.165, 1.54) is 18.4 Å². The van der Waals surface area contributed by atoms with Gasteiger partial charge in [-0.15, -0.1) is 11.8 Å². The summed E-state index contributed by atoms with van der Waals surface area (Å²) in [5.74, 6) is 1.69. The van der Waals surface area contributed by atoms with Crippen LogP contribution in [0.1, 0.15) is 30.6 Å². The Bertz CT molecular complexity index is 1180. The molecule has 0 radical (unpaired) electrons. The van der Waals surface area contributed by atoms with Crippen molar-refractivity contribution >= 4 is 22.7 Å². The predicted octanol–water partition coefficient (Wildman–Crippen LogP) is 4.95. The number of nitrogens with one attached hydrogen (secondary N) is 1. The average Bonchev–Trinajstić information content (AvgIpc) is 2.84. The lowest BCUT2D eigenvalue weighted by Gasteiger charge is -2.26. The van der Waals surface area contributed by atoms with Gasteiger partial charge in [-0.2, -0.15) is 13.2 Å². The third-order valence-corrected chi connectivity index (χ3v) is 6.93. The second-order valence-electron chi connectivity index (χ2n) is 8.40. The highest BCUT2D eigenvalue weighted by Crippen LogP contribution is 2.33. The summed E-state index contributed by atoms with van der Waals surface area (Å²) in [5.41, 5.74) is -0.519. The summed E-state index contributed by atoms with van der Waals surface area (Å²) in [5, 5.41) is 4.01. The van der Waals surface area contributed by atoms with Gasteiger partial charge in [-0.3, -0.25) is 14.7 Å². The topological polar surface area (TPSA) is 67.6 Å². The van der Waals surface area contributed by atoms with Crippen molar-refractivity contribution in [3.8, 4) is 5.75 Å². The third-order valence-electron chi connectivity index (χ3n) is 5.78. The molecule has 0 saturated carbocycles. The molecule has 6 nitrogen and oxygen atoms in total. The summed E-state index contributed by atoms with van der Waals surface area (Å²) in [6, 6.07) is 7.01. The molecule has 4 rings (SSSR count). The monoisotopic (exact) mass is 507 g/mol. The molecule has 10 heteroatoms. The molecule has 0 atom stereocenters. The van der Waals surface area contributed by atoms with Crippen molar-refractivity contribution in [1.29, 1.82) is 0 Å². The molecule has 1 aliphatic heterocycles. The second-order valence-corrected chi connectivity index (χ2v) is 9.53. The molecule has 188 valence electrons. The van der Waals surface area contributed by atoms with Gasteiger partial charge in [0.1, 0.15) is 12.0 Å². The minimum Gasteiger partial charge on any atom is -0.487 e. The predicted molar refractivity (Wildman–Crippen MR) is 130 cm³/mol. The van der Waals surface area contributed by atoms with E-state index in [1.54, 1.807) is 18.0 Å². The van der Waals surface area contributed by atoms with Crippen molar-refractivity contribution in [2.24, 2.45) is 0 Å². The first-order valence-electron chi connectivity index (χ1n) is 11.7. The van der Waals surface area contributed by atoms with E-state index >= 15 is 0 Å². The summed E-state index contributed by atoms with van der Waals surface area (Å²) in [4.78, 5) is 19.5. The third kappa shape index (κ3) is 7.22. The smallest absolute Gasteiger partial charge is 0.416 e. The SMILES string of the molecule is O=c1cc(CN2CCNCC2)occ1OCCCCCSc1ccnc2cc(C(F)(F)F)ccc12. The highest BCUT2D eigenvalue weighted by atomic mass is 32.2. The van der Waals surface area contributed by atoms with Crippen molar-refractivity contribution in [1.82, 2.24) is 15.2 Å². The standard InChI is InChI=1S/C25H28F3N3O3S/c26-25(27,28)18-4-5-20-21(14-18)30-7-6-24(20)35-13-3-1-2-12-33-23-17-34-19(15-22(23)32)16-31-10-8-29-9-11-31/h4-7,14-15,17,29H,1-3,8-13,16H2. The number of rotatable bonds is 10. The maximum absolute atomic E-state index is 12.9. The van der Waals surface area contributed by atoms with Crippen LogP contribution in [0, 0.1) is 0 Å². The van der Waals surface area contributed by atoms with Crippen LogP contribution < -0.4 is 15.5 Å². The van der Waals surface area contributed by atoms with Gasteiger partial charge < -0.3 is 14.5 Å². The van der Waals surface area contributed by atoms with Crippen LogP contribution in [0.3, 0.4) is 0 Å². The molecule has 35 heavy (non-hydrogen) atoms. The van der Waals surface area contributed by atoms with Crippen LogP contribution in [0.25, 0.3) is 10.9 Å². The normalized spacial score (nSPS) is 14.9. The number of ether oxygens (including phenoxy) is 1. The van der Waals surface area contributed by atoms with Crippen LogP contribution in [0.4, 0.5) is 13.2 Å². The first-order chi connectivity index (χ1) is 16.9. The van der Waals surface area contributed by atoms with Gasteiger partial charge in [-0.05, 0) is 43.2 Å². The van der Waals surface area contributed by atoms with Crippen molar-refractivity contribution < 1.29 is 22.3 Å². The van der Waals surface area contributed by atoms with Crippen LogP contribution >= 0.6 is 11.8 Å². The minimum atomic E-state index is -4.38. The lowest BCUT2D eigenvalue weighted by molar-refractivity contribution is -0.137. The van der Waals surface area contributed by atoms with Gasteiger partial charge in [0.15, 0.2) is 0 Å². The number of unbranched alkanes of at least 4 members (excludes halogenated alkanes) is 2. The van der Waals surface area contributed by atoms with Gasteiger partial charge >= 0.3 is 6.18 Å². The van der Waals surface area contributed by atoms with Gasteiger partial charge in [0.05, 0.1) is 24.2 Å². The molecule has 3 aromatic rings. The van der Waals surface area contributed by atoms with Crippen molar-refractivity contribution in [3.63, 3.8) is 0 Å². The first-order valence-corrected chi connectivity index (χ1v) is 12.6. The number of hydrogen-bond donors (Lipinski definition) is 1. The molecule has 1 N–H and O–H groups in total. The van der Waals surface area contributed by atoms with Crippen molar-refractivity contribution in [2.75, 3.05) is 38.5 Å². The van der Waals surface area contributed by atoms with Crippen LogP contribution in [-0.4, -0.2) is 48.4 Å². The molecule has 0 spiro atoms. The molecular weight excluding hydrogens is 479 g/mol. The fraction of sp³-hybridized carbons (Fsp3) is 0.440. The van der Waals surface area contributed by atoms with Crippen LogP contribution in [0.2, 0.25) is 0 Å². The Kier molecular flexibility index (Phi) is 8.69. The molecule has 0 bridgehead atoms. The fourth-order valence-electron chi connectivity index (χ4n) is 3.89. The number of aromatic nitrogens is 1. The molecule has 1 fully saturated rings. The minimum absolute atomic E-state index is 0.171. The van der Waals surface area contributed by atoms with E-state index in [9.17, 15) is 18.0 Å². The van der Waals surface area contributed by atoms with Crippen molar-refractivity contribution in [2.45, 2.75) is 36.9 Å². The number of benzene rings is 1. The highest BCUT2D eigenvalue weighted by molar-refractivity contribution is 7.99. The molecule has 1 saturated heterocycles. The Morgan fingerprint density at radius 3 is 2.71 bits per heavy atom. The first kappa shape index (κ1) is 25.5. The maximum Gasteiger partial charge on any atom is 0.416 e. The van der Waals surface area contributed by atoms with Gasteiger partial charge in [-0.1, -0.05) is 6.07 Å². The van der Waals surface area contributed by atoms with E-state index in [2.05, 4.69) is 15.2 Å². The number of fused-ring (bicyclic) bond motifs is 1. The summed E-state index contributed by atoms with van der Waals surface area (Å²) >= 11 is 1.60. The Hall–Kier alpha value is -2.56. The van der Waals surface area contributed by atoms with E-state index in [-0.39, 0.29) is 11.2 Å². The zero-order chi connectivity index (χ0) is 24.7. The van der Waals surface area contributed by atoms with E-state index in [0.29, 0.717) is 24.4 Å². The zero-order valence-electron chi connectivity index (χ0n) is 19.3. The average molecular weight is 508 g/mol. The lowest BCUT2D eigenvalue weighted by atomic mass is 10.1. The Balaban J connectivity index is 1.18. The van der Waals surface area contributed by atoms with E-state index in [0.717, 1.165) is 73.6 Å². The molecule has 2 aromatic heterocycles. The lowest BCUT2D eigenvalue weighted by Crippen LogP contribution is -2.42. The zero-order valence-corrected chi connectivity index (χ0v) is 20.1. The number of pyridine rings is 1. The number of alkyl halides is 3.